The van der Waals surface area contributed by atoms with Crippen molar-refractivity contribution in [3.05, 3.63) is 44.9 Å². The summed E-state index contributed by atoms with van der Waals surface area (Å²) in [5.74, 6) is 1.75. The van der Waals surface area contributed by atoms with E-state index in [2.05, 4.69) is 27.5 Å². The van der Waals surface area contributed by atoms with Gasteiger partial charge in [-0.3, -0.25) is 4.99 Å². The van der Waals surface area contributed by atoms with E-state index >= 15 is 0 Å². The van der Waals surface area contributed by atoms with E-state index in [0.29, 0.717) is 6.54 Å². The maximum atomic E-state index is 5.88. The van der Waals surface area contributed by atoms with Crippen LogP contribution < -0.4 is 10.6 Å². The predicted molar refractivity (Wildman–Crippen MR) is 117 cm³/mol. The van der Waals surface area contributed by atoms with Crippen LogP contribution in [0.5, 0.6) is 0 Å². The molecule has 0 unspecified atom stereocenters. The van der Waals surface area contributed by atoms with E-state index < -0.39 is 0 Å². The summed E-state index contributed by atoms with van der Waals surface area (Å²) in [6.07, 6.45) is 0. The lowest BCUT2D eigenvalue weighted by Crippen LogP contribution is -2.37. The second-order valence-electron chi connectivity index (χ2n) is 4.90. The van der Waals surface area contributed by atoms with Gasteiger partial charge in [-0.25, -0.2) is 4.98 Å². The maximum Gasteiger partial charge on any atom is 0.191 e. The first kappa shape index (κ1) is 21.5. The van der Waals surface area contributed by atoms with Gasteiger partial charge in [0.15, 0.2) is 5.96 Å². The van der Waals surface area contributed by atoms with E-state index in [4.69, 9.17) is 11.6 Å². The highest BCUT2D eigenvalue weighted by molar-refractivity contribution is 14.0. The minimum Gasteiger partial charge on any atom is -0.356 e. The van der Waals surface area contributed by atoms with Crippen molar-refractivity contribution < 1.29 is 0 Å². The van der Waals surface area contributed by atoms with Crippen molar-refractivity contribution in [1.29, 1.82) is 0 Å². The Hall–Kier alpha value is -0.510. The number of rotatable bonds is 6. The molecule has 0 bridgehead atoms. The van der Waals surface area contributed by atoms with Gasteiger partial charge >= 0.3 is 0 Å². The molecule has 4 nitrogen and oxygen atoms in total. The average Bonchev–Trinajstić information content (AvgIpc) is 2.87. The van der Waals surface area contributed by atoms with Gasteiger partial charge in [-0.15, -0.1) is 47.1 Å². The third-order valence-electron chi connectivity index (χ3n) is 3.18. The van der Waals surface area contributed by atoms with E-state index in [1.54, 1.807) is 30.1 Å². The minimum absolute atomic E-state index is 0. The Balaban J connectivity index is 0.00000288. The van der Waals surface area contributed by atoms with Crippen molar-refractivity contribution in [2.24, 2.45) is 4.99 Å². The smallest absolute Gasteiger partial charge is 0.191 e. The van der Waals surface area contributed by atoms with E-state index in [-0.39, 0.29) is 24.0 Å². The quantitative estimate of drug-likeness (QED) is 0.203. The molecule has 0 saturated heterocycles. The summed E-state index contributed by atoms with van der Waals surface area (Å²) in [6, 6.07) is 7.89. The zero-order valence-corrected chi connectivity index (χ0v) is 18.6. The molecule has 2 aromatic rings. The highest BCUT2D eigenvalue weighted by Gasteiger charge is 2.04. The number of thiazole rings is 1. The first-order valence-corrected chi connectivity index (χ1v) is 9.52. The Labute approximate surface area is 173 Å². The first-order valence-electron chi connectivity index (χ1n) is 7.34. The van der Waals surface area contributed by atoms with Crippen molar-refractivity contribution in [2.45, 2.75) is 25.3 Å². The second-order valence-corrected chi connectivity index (χ2v) is 7.80. The molecule has 1 heterocycles. The molecule has 0 aliphatic rings. The molecule has 132 valence electrons. The Bertz CT molecular complexity index is 639. The Morgan fingerprint density at radius 2 is 1.96 bits per heavy atom. The lowest BCUT2D eigenvalue weighted by molar-refractivity contribution is 0.824. The third kappa shape index (κ3) is 7.16. The van der Waals surface area contributed by atoms with Crippen molar-refractivity contribution in [3.8, 4) is 0 Å². The van der Waals surface area contributed by atoms with Crippen molar-refractivity contribution in [1.82, 2.24) is 15.6 Å². The van der Waals surface area contributed by atoms with Gasteiger partial charge in [0, 0.05) is 34.1 Å². The van der Waals surface area contributed by atoms with Crippen LogP contribution in [0.15, 0.2) is 34.2 Å². The molecule has 1 aromatic carbocycles. The van der Waals surface area contributed by atoms with Crippen molar-refractivity contribution in [3.63, 3.8) is 0 Å². The molecule has 24 heavy (non-hydrogen) atoms. The number of thioether (sulfide) groups is 1. The van der Waals surface area contributed by atoms with Gasteiger partial charge in [-0.2, -0.15) is 0 Å². The van der Waals surface area contributed by atoms with Crippen LogP contribution in [0.1, 0.15) is 15.6 Å². The Kier molecular flexibility index (Phi) is 10.0. The number of aromatic nitrogens is 1. The van der Waals surface area contributed by atoms with Crippen LogP contribution in [0, 0.1) is 13.8 Å². The monoisotopic (exact) mass is 496 g/mol. The molecule has 2 rings (SSSR count). The molecule has 0 fully saturated rings. The number of nitrogens with zero attached hydrogens (tertiary/aromatic N) is 2. The van der Waals surface area contributed by atoms with E-state index in [0.717, 1.165) is 34.0 Å². The molecular formula is C16H22ClIN4S2. The summed E-state index contributed by atoms with van der Waals surface area (Å²) in [5.41, 5.74) is 1.11. The van der Waals surface area contributed by atoms with Crippen LogP contribution >= 0.6 is 58.7 Å². The third-order valence-corrected chi connectivity index (χ3v) is 5.52. The summed E-state index contributed by atoms with van der Waals surface area (Å²) < 4.78 is 0. The fourth-order valence-corrected chi connectivity index (χ4v) is 3.63. The van der Waals surface area contributed by atoms with Crippen LogP contribution in [0.2, 0.25) is 5.02 Å². The Morgan fingerprint density at radius 3 is 2.54 bits per heavy atom. The summed E-state index contributed by atoms with van der Waals surface area (Å²) in [6.45, 7) is 5.67. The van der Waals surface area contributed by atoms with Crippen LogP contribution in [0.3, 0.4) is 0 Å². The zero-order chi connectivity index (χ0) is 16.7. The summed E-state index contributed by atoms with van der Waals surface area (Å²) in [4.78, 5) is 11.2. The van der Waals surface area contributed by atoms with Crippen molar-refractivity contribution >= 4 is 64.6 Å². The molecular weight excluding hydrogens is 475 g/mol. The number of guanidine groups is 1. The van der Waals surface area contributed by atoms with Gasteiger partial charge < -0.3 is 10.6 Å². The predicted octanol–water partition coefficient (Wildman–Crippen LogP) is 4.49. The molecule has 0 saturated carbocycles. The number of nitrogens with one attached hydrogen (secondary N) is 2. The number of hydrogen-bond donors (Lipinski definition) is 2. The maximum absolute atomic E-state index is 5.88. The zero-order valence-electron chi connectivity index (χ0n) is 13.9. The van der Waals surface area contributed by atoms with Crippen LogP contribution in [-0.2, 0) is 6.54 Å². The second kappa shape index (κ2) is 11.2. The molecule has 0 amide bonds. The standard InChI is InChI=1S/C16H21ClN4S2.HI/c1-11-12(2)23-15(21-11)10-20-16(18-3)19-8-9-22-14-6-4-13(17)5-7-14;/h4-7H,8-10H2,1-3H3,(H2,18,19,20);1H. The number of benzene rings is 1. The normalized spacial score (nSPS) is 11.1. The molecule has 0 aliphatic heterocycles. The lowest BCUT2D eigenvalue weighted by atomic mass is 10.4. The molecule has 1 aromatic heterocycles. The van der Waals surface area contributed by atoms with Gasteiger partial charge in [0.25, 0.3) is 0 Å². The van der Waals surface area contributed by atoms with Crippen LogP contribution in [-0.4, -0.2) is 30.3 Å². The SMILES string of the molecule is CN=C(NCCSc1ccc(Cl)cc1)NCc1nc(C)c(C)s1.I. The molecule has 8 heteroatoms. The van der Waals surface area contributed by atoms with E-state index in [9.17, 15) is 0 Å². The topological polar surface area (TPSA) is 49.3 Å². The molecule has 2 N–H and O–H groups in total. The summed E-state index contributed by atoms with van der Waals surface area (Å²) >= 11 is 9.39. The van der Waals surface area contributed by atoms with E-state index in [1.807, 2.05) is 31.2 Å². The number of halogens is 2. The fourth-order valence-electron chi connectivity index (χ4n) is 1.86. The Morgan fingerprint density at radius 1 is 1.25 bits per heavy atom. The van der Waals surface area contributed by atoms with Gasteiger partial charge in [0.05, 0.1) is 12.2 Å². The molecule has 0 aliphatic carbocycles. The van der Waals surface area contributed by atoms with Gasteiger partial charge in [0.1, 0.15) is 5.01 Å². The fraction of sp³-hybridized carbons (Fsp3) is 0.375. The van der Waals surface area contributed by atoms with Crippen LogP contribution in [0.25, 0.3) is 0 Å². The van der Waals surface area contributed by atoms with Gasteiger partial charge in [-0.05, 0) is 38.1 Å². The highest BCUT2D eigenvalue weighted by Crippen LogP contribution is 2.19. The number of aliphatic imine (C=N–C) groups is 1. The number of aryl methyl sites for hydroxylation is 2. The minimum atomic E-state index is 0. The largest absolute Gasteiger partial charge is 0.356 e. The molecule has 0 radical (unpaired) electrons. The average molecular weight is 497 g/mol. The highest BCUT2D eigenvalue weighted by atomic mass is 127. The lowest BCUT2D eigenvalue weighted by Gasteiger charge is -2.10. The summed E-state index contributed by atoms with van der Waals surface area (Å²) in [7, 11) is 1.78. The molecule has 0 atom stereocenters. The summed E-state index contributed by atoms with van der Waals surface area (Å²) in [5, 5.41) is 8.45. The molecule has 0 spiro atoms. The van der Waals surface area contributed by atoms with Gasteiger partial charge in [0.2, 0.25) is 0 Å². The first-order chi connectivity index (χ1) is 11.1. The van der Waals surface area contributed by atoms with Crippen molar-refractivity contribution in [2.75, 3.05) is 19.3 Å². The van der Waals surface area contributed by atoms with Crippen LogP contribution in [0.4, 0.5) is 0 Å². The number of hydrogen-bond acceptors (Lipinski definition) is 4. The van der Waals surface area contributed by atoms with Gasteiger partial charge in [-0.1, -0.05) is 11.6 Å². The van der Waals surface area contributed by atoms with E-state index in [1.165, 1.54) is 9.77 Å².